The first-order valence-corrected chi connectivity index (χ1v) is 10.5. The third kappa shape index (κ3) is 6.74. The molecule has 5 heteroatoms. The summed E-state index contributed by atoms with van der Waals surface area (Å²) in [6.07, 6.45) is 9.60. The number of aliphatic imine (C=N–C) groups is 1. The van der Waals surface area contributed by atoms with E-state index in [9.17, 15) is 0 Å². The molecule has 0 saturated heterocycles. The lowest BCUT2D eigenvalue weighted by molar-refractivity contribution is 0.874. The van der Waals surface area contributed by atoms with Crippen molar-refractivity contribution in [2.24, 2.45) is 4.99 Å². The Balaban J connectivity index is 1.61. The average Bonchev–Trinajstić information content (AvgIpc) is 2.78. The number of halogens is 2. The zero-order valence-electron chi connectivity index (χ0n) is 16.1. The summed E-state index contributed by atoms with van der Waals surface area (Å²) in [6, 6.07) is 20.4. The van der Waals surface area contributed by atoms with Crippen molar-refractivity contribution in [1.29, 1.82) is 0 Å². The highest BCUT2D eigenvalue weighted by atomic mass is 35.5. The fourth-order valence-electron chi connectivity index (χ4n) is 2.83. The second kappa shape index (κ2) is 11.4. The van der Waals surface area contributed by atoms with Gasteiger partial charge in [0.2, 0.25) is 0 Å². The van der Waals surface area contributed by atoms with Crippen LogP contribution in [0.3, 0.4) is 0 Å². The smallest absolute Gasteiger partial charge is 0.0630 e. The molecule has 0 atom stereocenters. The van der Waals surface area contributed by atoms with Gasteiger partial charge in [0.1, 0.15) is 0 Å². The van der Waals surface area contributed by atoms with Crippen molar-refractivity contribution in [3.8, 4) is 0 Å². The Kier molecular flexibility index (Phi) is 8.29. The highest BCUT2D eigenvalue weighted by molar-refractivity contribution is 6.18. The molecule has 0 aliphatic carbocycles. The number of anilines is 1. The third-order valence-electron chi connectivity index (χ3n) is 4.40. The van der Waals surface area contributed by atoms with Crippen LogP contribution in [0.5, 0.6) is 0 Å². The summed E-state index contributed by atoms with van der Waals surface area (Å²) < 4.78 is 0. The number of rotatable bonds is 9. The molecular weight excluding hydrogens is 401 g/mol. The molecule has 0 aliphatic heterocycles. The molecule has 0 amide bonds. The second-order valence-electron chi connectivity index (χ2n) is 6.42. The van der Waals surface area contributed by atoms with Crippen LogP contribution in [-0.4, -0.2) is 36.0 Å². The molecular formula is C24H23Cl2N3. The maximum atomic E-state index is 5.88. The van der Waals surface area contributed by atoms with Crippen LogP contribution in [0.25, 0.3) is 12.2 Å². The van der Waals surface area contributed by atoms with E-state index in [2.05, 4.69) is 63.4 Å². The van der Waals surface area contributed by atoms with Gasteiger partial charge >= 0.3 is 0 Å². The molecule has 0 radical (unpaired) electrons. The summed E-state index contributed by atoms with van der Waals surface area (Å²) in [6.45, 7) is 1.56. The molecule has 1 aromatic heterocycles. The number of pyridine rings is 1. The lowest BCUT2D eigenvalue weighted by atomic mass is 10.1. The maximum absolute atomic E-state index is 5.88. The largest absolute Gasteiger partial charge is 0.369 e. The van der Waals surface area contributed by atoms with Crippen molar-refractivity contribution in [2.45, 2.75) is 0 Å². The van der Waals surface area contributed by atoms with Crippen LogP contribution in [0, 0.1) is 0 Å². The fraction of sp³-hybridized carbons (Fsp3) is 0.167. The van der Waals surface area contributed by atoms with Gasteiger partial charge in [-0.15, -0.1) is 23.2 Å². The monoisotopic (exact) mass is 423 g/mol. The van der Waals surface area contributed by atoms with E-state index in [1.165, 1.54) is 0 Å². The minimum absolute atomic E-state index is 0.577. The summed E-state index contributed by atoms with van der Waals surface area (Å²) in [7, 11) is 0. The predicted molar refractivity (Wildman–Crippen MR) is 127 cm³/mol. The average molecular weight is 424 g/mol. The van der Waals surface area contributed by atoms with Crippen LogP contribution in [0.2, 0.25) is 0 Å². The Labute approximate surface area is 182 Å². The lowest BCUT2D eigenvalue weighted by Gasteiger charge is -2.22. The summed E-state index contributed by atoms with van der Waals surface area (Å²) in [5.41, 5.74) is 5.34. The van der Waals surface area contributed by atoms with Crippen LogP contribution < -0.4 is 4.90 Å². The zero-order valence-corrected chi connectivity index (χ0v) is 17.6. The quantitative estimate of drug-likeness (QED) is 0.299. The van der Waals surface area contributed by atoms with E-state index in [4.69, 9.17) is 23.2 Å². The van der Waals surface area contributed by atoms with Crippen molar-refractivity contribution in [3.05, 3.63) is 89.7 Å². The van der Waals surface area contributed by atoms with Crippen molar-refractivity contribution in [1.82, 2.24) is 4.98 Å². The molecule has 1 heterocycles. The normalized spacial score (nSPS) is 11.4. The molecule has 0 bridgehead atoms. The van der Waals surface area contributed by atoms with Crippen LogP contribution in [-0.2, 0) is 0 Å². The fourth-order valence-corrected chi connectivity index (χ4v) is 3.24. The highest BCUT2D eigenvalue weighted by Crippen LogP contribution is 2.17. The summed E-state index contributed by atoms with van der Waals surface area (Å²) >= 11 is 11.8. The number of hydrogen-bond donors (Lipinski definition) is 0. The van der Waals surface area contributed by atoms with Crippen molar-refractivity contribution >= 4 is 52.9 Å². The zero-order chi connectivity index (χ0) is 20.3. The first-order chi connectivity index (χ1) is 14.3. The molecule has 0 fully saturated rings. The molecule has 29 heavy (non-hydrogen) atoms. The molecule has 3 aromatic rings. The van der Waals surface area contributed by atoms with Gasteiger partial charge in [0.15, 0.2) is 0 Å². The van der Waals surface area contributed by atoms with Crippen LogP contribution in [0.4, 0.5) is 11.4 Å². The first kappa shape index (κ1) is 21.1. The standard InChI is InChI=1S/C24H23Cl2N3/c25-13-17-29(18-14-26)24-9-5-22(6-10-24)19-28-23-7-3-20(4-8-23)1-2-21-11-15-27-16-12-21/h1-12,15-16,19H,13-14,17-18H2/b2-1+,28-19?. The van der Waals surface area contributed by atoms with Gasteiger partial charge in [0.05, 0.1) is 5.69 Å². The van der Waals surface area contributed by atoms with Crippen molar-refractivity contribution < 1.29 is 0 Å². The molecule has 3 rings (SSSR count). The van der Waals surface area contributed by atoms with Gasteiger partial charge in [-0.05, 0) is 53.1 Å². The predicted octanol–water partition coefficient (Wildman–Crippen LogP) is 6.29. The summed E-state index contributed by atoms with van der Waals surface area (Å²) in [4.78, 5) is 10.8. The van der Waals surface area contributed by atoms with E-state index in [-0.39, 0.29) is 0 Å². The van der Waals surface area contributed by atoms with Gasteiger partial charge in [-0.3, -0.25) is 9.98 Å². The maximum Gasteiger partial charge on any atom is 0.0630 e. The van der Waals surface area contributed by atoms with Gasteiger partial charge in [-0.25, -0.2) is 0 Å². The van der Waals surface area contributed by atoms with E-state index in [0.717, 1.165) is 41.2 Å². The highest BCUT2D eigenvalue weighted by Gasteiger charge is 2.04. The Morgan fingerprint density at radius 1 is 0.724 bits per heavy atom. The molecule has 0 spiro atoms. The third-order valence-corrected chi connectivity index (χ3v) is 4.74. The van der Waals surface area contributed by atoms with Crippen LogP contribution in [0.1, 0.15) is 16.7 Å². The van der Waals surface area contributed by atoms with Gasteiger partial charge in [0.25, 0.3) is 0 Å². The van der Waals surface area contributed by atoms with Crippen LogP contribution in [0.15, 0.2) is 78.0 Å². The Morgan fingerprint density at radius 2 is 1.28 bits per heavy atom. The number of benzene rings is 2. The molecule has 0 aliphatic rings. The Hall–Kier alpha value is -2.62. The van der Waals surface area contributed by atoms with E-state index in [1.54, 1.807) is 12.4 Å². The minimum atomic E-state index is 0.577. The molecule has 3 nitrogen and oxygen atoms in total. The van der Waals surface area contributed by atoms with E-state index < -0.39 is 0 Å². The van der Waals surface area contributed by atoms with E-state index >= 15 is 0 Å². The van der Waals surface area contributed by atoms with Crippen LogP contribution >= 0.6 is 23.2 Å². The Bertz CT molecular complexity index is 915. The molecule has 148 valence electrons. The topological polar surface area (TPSA) is 28.5 Å². The molecule has 0 N–H and O–H groups in total. The van der Waals surface area contributed by atoms with E-state index in [1.807, 2.05) is 30.5 Å². The molecule has 0 unspecified atom stereocenters. The summed E-state index contributed by atoms with van der Waals surface area (Å²) in [5.74, 6) is 1.15. The lowest BCUT2D eigenvalue weighted by Crippen LogP contribution is -2.27. The summed E-state index contributed by atoms with van der Waals surface area (Å²) in [5, 5.41) is 0. The van der Waals surface area contributed by atoms with Gasteiger partial charge < -0.3 is 4.90 Å². The first-order valence-electron chi connectivity index (χ1n) is 9.47. The number of nitrogens with zero attached hydrogens (tertiary/aromatic N) is 3. The van der Waals surface area contributed by atoms with Gasteiger partial charge in [-0.1, -0.05) is 36.4 Å². The second-order valence-corrected chi connectivity index (χ2v) is 7.18. The Morgan fingerprint density at radius 3 is 1.86 bits per heavy atom. The van der Waals surface area contributed by atoms with Crippen molar-refractivity contribution in [2.75, 3.05) is 29.7 Å². The number of hydrogen-bond acceptors (Lipinski definition) is 3. The van der Waals surface area contributed by atoms with Gasteiger partial charge in [0, 0.05) is 49.1 Å². The minimum Gasteiger partial charge on any atom is -0.369 e. The SMILES string of the molecule is ClCCN(CCCl)c1ccc(C=Nc2ccc(/C=C/c3ccncc3)cc2)cc1. The van der Waals surface area contributed by atoms with Crippen molar-refractivity contribution in [3.63, 3.8) is 0 Å². The van der Waals surface area contributed by atoms with E-state index in [0.29, 0.717) is 11.8 Å². The molecule has 0 saturated carbocycles. The van der Waals surface area contributed by atoms with Gasteiger partial charge in [-0.2, -0.15) is 0 Å². The number of aromatic nitrogens is 1. The molecule has 2 aromatic carbocycles. The number of alkyl halides is 2.